The summed E-state index contributed by atoms with van der Waals surface area (Å²) >= 11 is 3.43. The third-order valence-electron chi connectivity index (χ3n) is 2.68. The summed E-state index contributed by atoms with van der Waals surface area (Å²) in [6, 6.07) is 8.07. The normalized spacial score (nSPS) is 14.9. The Balaban J connectivity index is 0.000000123. The van der Waals surface area contributed by atoms with E-state index in [0.29, 0.717) is 0 Å². The van der Waals surface area contributed by atoms with Gasteiger partial charge in [-0.15, -0.1) is 0 Å². The number of carbonyl (C=O) groups excluding carboxylic acids is 2. The van der Waals surface area contributed by atoms with Crippen LogP contribution in [0.25, 0.3) is 0 Å². The van der Waals surface area contributed by atoms with Crippen LogP contribution in [-0.4, -0.2) is 24.1 Å². The maximum atomic E-state index is 10.1. The van der Waals surface area contributed by atoms with Gasteiger partial charge in [0.05, 0.1) is 11.4 Å². The first kappa shape index (κ1) is 18.4. The fraction of sp³-hybridized carbons (Fsp3) is 0. The number of nitrogens with one attached hydrogen (secondary N) is 1. The Hall–Kier alpha value is -2.90. The van der Waals surface area contributed by atoms with Crippen LogP contribution in [0.5, 0.6) is 0 Å². The fourth-order valence-electron chi connectivity index (χ4n) is 1.56. The summed E-state index contributed by atoms with van der Waals surface area (Å²) in [5.41, 5.74) is 1.98. The fourth-order valence-corrected chi connectivity index (χ4v) is 2.47. The maximum absolute atomic E-state index is 10.1. The second-order valence-corrected chi connectivity index (χ2v) is 6.05. The number of hydrogen-bond donors (Lipinski definition) is 1. The number of amides is 1. The number of nitrogens with zero attached hydrogens (tertiary/aromatic N) is 2. The summed E-state index contributed by atoms with van der Waals surface area (Å²) in [7, 11) is 0. The highest BCUT2D eigenvalue weighted by Crippen LogP contribution is 2.19. The monoisotopic (exact) mass is 369 g/mol. The minimum Gasteiger partial charge on any atom is -0.326 e. The van der Waals surface area contributed by atoms with E-state index in [1.165, 1.54) is 12.3 Å². The molecule has 0 unspecified atom stereocenters. The number of carbonyl (C=O) groups is 2. The van der Waals surface area contributed by atoms with E-state index in [-0.39, 0.29) is 0 Å². The molecular weight excluding hydrogens is 354 g/mol. The lowest BCUT2D eigenvalue weighted by molar-refractivity contribution is -0.133. The highest BCUT2D eigenvalue weighted by atomic mass is 32.1. The molecule has 0 aromatic carbocycles. The van der Waals surface area contributed by atoms with Gasteiger partial charge in [0.25, 0.3) is 5.91 Å². The molecule has 0 saturated carbocycles. The molecule has 0 radical (unpaired) electrons. The lowest BCUT2D eigenvalue weighted by Crippen LogP contribution is -2.17. The van der Waals surface area contributed by atoms with Crippen LogP contribution < -0.4 is 5.32 Å². The lowest BCUT2D eigenvalue weighted by Gasteiger charge is -1.83. The van der Waals surface area contributed by atoms with Crippen LogP contribution >= 0.6 is 22.7 Å². The number of fused-ring (bicyclic) bond motifs is 1. The number of aliphatic imine (C=N–C) groups is 2. The van der Waals surface area contributed by atoms with E-state index in [1.807, 2.05) is 57.9 Å². The molecule has 0 atom stereocenters. The molecule has 1 amide bonds. The highest BCUT2D eigenvalue weighted by molar-refractivity contribution is 7.08. The topological polar surface area (TPSA) is 70.9 Å². The highest BCUT2D eigenvalue weighted by Gasteiger charge is 2.12. The number of allylic oxidation sites excluding steroid dienone is 2. The molecule has 2 aromatic heterocycles. The predicted molar refractivity (Wildman–Crippen MR) is 104 cm³/mol. The Bertz CT molecular complexity index is 728. The molecule has 3 aliphatic heterocycles. The zero-order valence-electron chi connectivity index (χ0n) is 13.1. The van der Waals surface area contributed by atoms with Crippen molar-refractivity contribution in [2.24, 2.45) is 9.98 Å². The SMILES string of the molecule is C1=NC2=CC=NC2=C1.O=C1C=CNC1=O.c1ccsc1.c1ccsc1. The molecule has 0 saturated heterocycles. The molecule has 7 heteroatoms. The summed E-state index contributed by atoms with van der Waals surface area (Å²) in [4.78, 5) is 28.2. The van der Waals surface area contributed by atoms with Crippen molar-refractivity contribution >= 4 is 46.8 Å². The van der Waals surface area contributed by atoms with Crippen molar-refractivity contribution in [2.45, 2.75) is 0 Å². The number of thiophene rings is 2. The summed E-state index contributed by atoms with van der Waals surface area (Å²) in [5, 5.41) is 10.4. The minimum atomic E-state index is -0.542. The molecular formula is C18H15N3O2S2. The van der Waals surface area contributed by atoms with E-state index in [2.05, 4.69) is 15.3 Å². The summed E-state index contributed by atoms with van der Waals surface area (Å²) in [5.74, 6) is -1.01. The van der Waals surface area contributed by atoms with Crippen molar-refractivity contribution in [3.63, 3.8) is 0 Å². The van der Waals surface area contributed by atoms with Gasteiger partial charge < -0.3 is 5.32 Å². The first-order chi connectivity index (χ1) is 12.3. The van der Waals surface area contributed by atoms with Gasteiger partial charge in [-0.25, -0.2) is 0 Å². The maximum Gasteiger partial charge on any atom is 0.295 e. The van der Waals surface area contributed by atoms with Crippen LogP contribution in [-0.2, 0) is 9.59 Å². The molecule has 25 heavy (non-hydrogen) atoms. The Labute approximate surface area is 153 Å². The van der Waals surface area contributed by atoms with Crippen LogP contribution in [0.2, 0.25) is 0 Å². The van der Waals surface area contributed by atoms with Gasteiger partial charge in [-0.2, -0.15) is 22.7 Å². The van der Waals surface area contributed by atoms with E-state index >= 15 is 0 Å². The van der Waals surface area contributed by atoms with Crippen molar-refractivity contribution in [3.8, 4) is 0 Å². The molecule has 5 rings (SSSR count). The molecule has 126 valence electrons. The van der Waals surface area contributed by atoms with Crippen LogP contribution in [0, 0.1) is 0 Å². The Morgan fingerprint density at radius 3 is 1.48 bits per heavy atom. The zero-order valence-corrected chi connectivity index (χ0v) is 14.7. The Morgan fingerprint density at radius 2 is 1.24 bits per heavy atom. The first-order valence-corrected chi connectivity index (χ1v) is 9.10. The lowest BCUT2D eigenvalue weighted by atomic mass is 10.4. The minimum absolute atomic E-state index is 0.472. The van der Waals surface area contributed by atoms with Crippen molar-refractivity contribution < 1.29 is 9.59 Å². The van der Waals surface area contributed by atoms with Crippen LogP contribution in [0.1, 0.15) is 0 Å². The number of ketones is 1. The van der Waals surface area contributed by atoms with Crippen LogP contribution in [0.15, 0.2) is 91.6 Å². The average molecular weight is 369 g/mol. The van der Waals surface area contributed by atoms with Crippen LogP contribution in [0.4, 0.5) is 0 Å². The summed E-state index contributed by atoms with van der Waals surface area (Å²) in [6.45, 7) is 0. The van der Waals surface area contributed by atoms with E-state index in [9.17, 15) is 9.59 Å². The zero-order chi connectivity index (χ0) is 17.7. The van der Waals surface area contributed by atoms with Crippen molar-refractivity contribution in [3.05, 3.63) is 81.6 Å². The van der Waals surface area contributed by atoms with Crippen molar-refractivity contribution in [1.29, 1.82) is 0 Å². The van der Waals surface area contributed by atoms with Crippen molar-refractivity contribution in [2.75, 3.05) is 0 Å². The van der Waals surface area contributed by atoms with Gasteiger partial charge in [-0.3, -0.25) is 19.6 Å². The number of rotatable bonds is 0. The van der Waals surface area contributed by atoms with Gasteiger partial charge in [-0.05, 0) is 33.7 Å². The molecule has 3 aliphatic rings. The predicted octanol–water partition coefficient (Wildman–Crippen LogP) is 3.62. The van der Waals surface area contributed by atoms with E-state index in [4.69, 9.17) is 0 Å². The first-order valence-electron chi connectivity index (χ1n) is 7.22. The van der Waals surface area contributed by atoms with Crippen molar-refractivity contribution in [1.82, 2.24) is 5.32 Å². The van der Waals surface area contributed by atoms with Gasteiger partial charge in [0, 0.05) is 24.7 Å². The molecule has 5 nitrogen and oxygen atoms in total. The van der Waals surface area contributed by atoms with Gasteiger partial charge in [0.1, 0.15) is 0 Å². The molecule has 0 bridgehead atoms. The van der Waals surface area contributed by atoms with E-state index in [0.717, 1.165) is 11.4 Å². The second kappa shape index (κ2) is 10.8. The largest absolute Gasteiger partial charge is 0.326 e. The van der Waals surface area contributed by atoms with E-state index in [1.54, 1.807) is 35.1 Å². The van der Waals surface area contributed by atoms with Gasteiger partial charge in [-0.1, -0.05) is 24.3 Å². The van der Waals surface area contributed by atoms with Crippen LogP contribution in [0.3, 0.4) is 0 Å². The summed E-state index contributed by atoms with van der Waals surface area (Å²) in [6.07, 6.45) is 9.84. The molecule has 0 fully saturated rings. The Morgan fingerprint density at radius 1 is 0.760 bits per heavy atom. The smallest absolute Gasteiger partial charge is 0.295 e. The summed E-state index contributed by atoms with van der Waals surface area (Å²) < 4.78 is 0. The Kier molecular flexibility index (Phi) is 7.96. The molecule has 5 heterocycles. The average Bonchev–Trinajstić information content (AvgIpc) is 3.43. The molecule has 0 aliphatic carbocycles. The third-order valence-corrected chi connectivity index (χ3v) is 3.94. The molecule has 2 aromatic rings. The van der Waals surface area contributed by atoms with Gasteiger partial charge in [0.15, 0.2) is 0 Å². The standard InChI is InChI=1S/C6H4N2.C4H3NO2.2C4H4S/c1-3-7-6-2-4-8-5(1)6;6-3-1-2-5-4(3)7;2*1-2-4-5-3-1/h1-4H;1-2H,(H,5,6,7);2*1-4H. The second-order valence-electron chi connectivity index (χ2n) is 4.42. The van der Waals surface area contributed by atoms with E-state index < -0.39 is 11.7 Å². The van der Waals surface area contributed by atoms with Gasteiger partial charge >= 0.3 is 0 Å². The third kappa shape index (κ3) is 7.03. The quantitative estimate of drug-likeness (QED) is 0.721. The van der Waals surface area contributed by atoms with Gasteiger partial charge in [0.2, 0.25) is 5.78 Å². The molecule has 1 N–H and O–H groups in total. The molecule has 0 spiro atoms. The number of hydrogen-bond acceptors (Lipinski definition) is 6.